The van der Waals surface area contributed by atoms with E-state index < -0.39 is 5.60 Å². The lowest BCUT2D eigenvalue weighted by Crippen LogP contribution is -2.42. The van der Waals surface area contributed by atoms with Gasteiger partial charge in [0.05, 0.1) is 11.7 Å². The second kappa shape index (κ2) is 6.28. The molecule has 1 aromatic rings. The van der Waals surface area contributed by atoms with Crippen molar-refractivity contribution in [3.05, 3.63) is 18.1 Å². The van der Waals surface area contributed by atoms with Crippen LogP contribution in [0.25, 0.3) is 0 Å². The van der Waals surface area contributed by atoms with Crippen molar-refractivity contribution in [1.82, 2.24) is 14.9 Å². The van der Waals surface area contributed by atoms with E-state index in [1.165, 1.54) is 0 Å². The summed E-state index contributed by atoms with van der Waals surface area (Å²) in [6.45, 7) is 8.99. The van der Waals surface area contributed by atoms with E-state index in [-0.39, 0.29) is 12.1 Å². The van der Waals surface area contributed by atoms with Crippen LogP contribution in [-0.4, -0.2) is 45.7 Å². The molecule has 0 aliphatic carbocycles. The number of hydrogen-bond donors (Lipinski definition) is 1. The topological polar surface area (TPSA) is 67.4 Å². The highest BCUT2D eigenvalue weighted by Crippen LogP contribution is 2.21. The summed E-state index contributed by atoms with van der Waals surface area (Å²) in [6.07, 6.45) is 5.08. The van der Waals surface area contributed by atoms with Gasteiger partial charge in [0.1, 0.15) is 11.4 Å². The zero-order valence-electron chi connectivity index (χ0n) is 13.2. The van der Waals surface area contributed by atoms with Gasteiger partial charge in [0.15, 0.2) is 0 Å². The molecule has 0 spiro atoms. The van der Waals surface area contributed by atoms with E-state index in [9.17, 15) is 4.79 Å². The molecule has 0 aromatic carbocycles. The van der Waals surface area contributed by atoms with Gasteiger partial charge < -0.3 is 15.0 Å². The molecule has 1 aliphatic heterocycles. The Kier molecular flexibility index (Phi) is 4.65. The maximum Gasteiger partial charge on any atom is 0.410 e. The summed E-state index contributed by atoms with van der Waals surface area (Å²) >= 11 is 0. The highest BCUT2D eigenvalue weighted by atomic mass is 16.6. The zero-order valence-corrected chi connectivity index (χ0v) is 13.2. The van der Waals surface area contributed by atoms with Crippen LogP contribution < -0.4 is 5.32 Å². The monoisotopic (exact) mass is 292 g/mol. The van der Waals surface area contributed by atoms with Crippen molar-refractivity contribution in [1.29, 1.82) is 0 Å². The van der Waals surface area contributed by atoms with Crippen molar-refractivity contribution in [2.24, 2.45) is 0 Å². The summed E-state index contributed by atoms with van der Waals surface area (Å²) < 4.78 is 5.46. The van der Waals surface area contributed by atoms with E-state index >= 15 is 0 Å². The van der Waals surface area contributed by atoms with E-state index in [2.05, 4.69) is 15.3 Å². The summed E-state index contributed by atoms with van der Waals surface area (Å²) in [6, 6.07) is 0.140. The molecule has 1 aliphatic rings. The lowest BCUT2D eigenvalue weighted by atomic mass is 10.2. The van der Waals surface area contributed by atoms with Crippen LogP contribution in [0.5, 0.6) is 0 Å². The van der Waals surface area contributed by atoms with Crippen LogP contribution in [0, 0.1) is 6.92 Å². The average Bonchev–Trinajstić information content (AvgIpc) is 2.84. The van der Waals surface area contributed by atoms with Crippen LogP contribution in [0.3, 0.4) is 0 Å². The predicted octanol–water partition coefficient (Wildman–Crippen LogP) is 2.60. The van der Waals surface area contributed by atoms with Crippen LogP contribution in [0.4, 0.5) is 10.6 Å². The molecule has 0 saturated carbocycles. The Morgan fingerprint density at radius 1 is 1.43 bits per heavy atom. The van der Waals surface area contributed by atoms with Gasteiger partial charge in [-0.25, -0.2) is 9.78 Å². The average molecular weight is 292 g/mol. The minimum atomic E-state index is -0.459. The first kappa shape index (κ1) is 15.5. The molecule has 1 fully saturated rings. The minimum Gasteiger partial charge on any atom is -0.444 e. The van der Waals surface area contributed by atoms with Gasteiger partial charge in [-0.3, -0.25) is 4.98 Å². The van der Waals surface area contributed by atoms with Crippen molar-refractivity contribution < 1.29 is 9.53 Å². The summed E-state index contributed by atoms with van der Waals surface area (Å²) in [7, 11) is 0. The molecular weight excluding hydrogens is 268 g/mol. The van der Waals surface area contributed by atoms with Gasteiger partial charge in [-0.15, -0.1) is 0 Å². The smallest absolute Gasteiger partial charge is 0.410 e. The lowest BCUT2D eigenvalue weighted by molar-refractivity contribution is 0.0235. The molecule has 1 N–H and O–H groups in total. The fourth-order valence-electron chi connectivity index (χ4n) is 2.40. The molecule has 2 heterocycles. The zero-order chi connectivity index (χ0) is 15.5. The van der Waals surface area contributed by atoms with E-state index in [0.717, 1.165) is 30.9 Å². The standard InChI is InChI=1S/C15H24N4O2/c1-11-13(17-8-7-16-11)18-10-12-6-5-9-19(12)14(20)21-15(2,3)4/h7-8,12H,5-6,9-10H2,1-4H3,(H,17,18)/t12-/m1/s1. The van der Waals surface area contributed by atoms with Crippen molar-refractivity contribution in [3.63, 3.8) is 0 Å². The SMILES string of the molecule is Cc1nccnc1NC[C@H]1CCCN1C(=O)OC(C)(C)C. The van der Waals surface area contributed by atoms with Gasteiger partial charge in [-0.05, 0) is 40.5 Å². The Morgan fingerprint density at radius 2 is 2.14 bits per heavy atom. The molecule has 1 atom stereocenters. The number of anilines is 1. The summed E-state index contributed by atoms with van der Waals surface area (Å²) in [5.41, 5.74) is 0.401. The first-order valence-corrected chi connectivity index (χ1v) is 7.38. The molecule has 1 aromatic heterocycles. The predicted molar refractivity (Wildman–Crippen MR) is 81.2 cm³/mol. The summed E-state index contributed by atoms with van der Waals surface area (Å²) in [4.78, 5) is 22.5. The van der Waals surface area contributed by atoms with Gasteiger partial charge in [-0.2, -0.15) is 0 Å². The van der Waals surface area contributed by atoms with E-state index in [1.54, 1.807) is 12.4 Å². The molecule has 2 rings (SSSR count). The van der Waals surface area contributed by atoms with Gasteiger partial charge in [0, 0.05) is 25.5 Å². The number of hydrogen-bond acceptors (Lipinski definition) is 5. The number of aromatic nitrogens is 2. The molecule has 21 heavy (non-hydrogen) atoms. The van der Waals surface area contributed by atoms with Crippen LogP contribution in [0.2, 0.25) is 0 Å². The highest BCUT2D eigenvalue weighted by Gasteiger charge is 2.32. The van der Waals surface area contributed by atoms with Gasteiger partial charge in [0.2, 0.25) is 0 Å². The van der Waals surface area contributed by atoms with Crippen molar-refractivity contribution in [2.75, 3.05) is 18.4 Å². The van der Waals surface area contributed by atoms with Gasteiger partial charge >= 0.3 is 6.09 Å². The van der Waals surface area contributed by atoms with Crippen molar-refractivity contribution >= 4 is 11.9 Å². The molecule has 0 unspecified atom stereocenters. The molecular formula is C15H24N4O2. The Hall–Kier alpha value is -1.85. The Labute approximate surface area is 125 Å². The molecule has 0 radical (unpaired) electrons. The number of nitrogens with one attached hydrogen (secondary N) is 1. The van der Waals surface area contributed by atoms with E-state index in [1.807, 2.05) is 32.6 Å². The maximum atomic E-state index is 12.2. The summed E-state index contributed by atoms with van der Waals surface area (Å²) in [5, 5.41) is 3.28. The molecule has 116 valence electrons. The largest absolute Gasteiger partial charge is 0.444 e. The highest BCUT2D eigenvalue weighted by molar-refractivity contribution is 5.69. The first-order chi connectivity index (χ1) is 9.87. The third kappa shape index (κ3) is 4.31. The third-order valence-corrected chi connectivity index (χ3v) is 3.39. The molecule has 1 amide bonds. The summed E-state index contributed by atoms with van der Waals surface area (Å²) in [5.74, 6) is 0.772. The number of ether oxygens (including phenoxy) is 1. The number of carbonyl (C=O) groups excluding carboxylic acids is 1. The third-order valence-electron chi connectivity index (χ3n) is 3.39. The Morgan fingerprint density at radius 3 is 2.81 bits per heavy atom. The number of rotatable bonds is 3. The molecule has 0 bridgehead atoms. The van der Waals surface area contributed by atoms with Gasteiger partial charge in [0.25, 0.3) is 0 Å². The normalized spacial score (nSPS) is 18.7. The quantitative estimate of drug-likeness (QED) is 0.927. The first-order valence-electron chi connectivity index (χ1n) is 7.38. The molecule has 6 heteroatoms. The fourth-order valence-corrected chi connectivity index (χ4v) is 2.40. The lowest BCUT2D eigenvalue weighted by Gasteiger charge is -2.28. The van der Waals surface area contributed by atoms with E-state index in [4.69, 9.17) is 4.74 Å². The van der Waals surface area contributed by atoms with Crippen LogP contribution in [-0.2, 0) is 4.74 Å². The number of carbonyl (C=O) groups is 1. The van der Waals surface area contributed by atoms with E-state index in [0.29, 0.717) is 6.54 Å². The van der Waals surface area contributed by atoms with Crippen LogP contribution in [0.15, 0.2) is 12.4 Å². The number of nitrogens with zero attached hydrogens (tertiary/aromatic N) is 3. The molecule has 6 nitrogen and oxygen atoms in total. The number of aryl methyl sites for hydroxylation is 1. The van der Waals surface area contributed by atoms with Crippen LogP contribution >= 0.6 is 0 Å². The van der Waals surface area contributed by atoms with Crippen molar-refractivity contribution in [2.45, 2.75) is 52.2 Å². The Balaban J connectivity index is 1.93. The maximum absolute atomic E-state index is 12.2. The minimum absolute atomic E-state index is 0.140. The molecule has 1 saturated heterocycles. The Bertz CT molecular complexity index is 499. The van der Waals surface area contributed by atoms with Crippen LogP contribution in [0.1, 0.15) is 39.3 Å². The number of amides is 1. The van der Waals surface area contributed by atoms with Gasteiger partial charge in [-0.1, -0.05) is 0 Å². The second-order valence-corrected chi connectivity index (χ2v) is 6.34. The van der Waals surface area contributed by atoms with Crippen molar-refractivity contribution in [3.8, 4) is 0 Å². The number of likely N-dealkylation sites (tertiary alicyclic amines) is 1. The fraction of sp³-hybridized carbons (Fsp3) is 0.667. The second-order valence-electron chi connectivity index (χ2n) is 6.34.